The maximum Gasteiger partial charge on any atom is 0.126 e. The van der Waals surface area contributed by atoms with Gasteiger partial charge in [-0.3, -0.25) is 0 Å². The highest BCUT2D eigenvalue weighted by atomic mass is 16.5. The summed E-state index contributed by atoms with van der Waals surface area (Å²) in [6.45, 7) is 8.67. The molecule has 0 aliphatic rings. The number of para-hydroxylation sites is 1. The van der Waals surface area contributed by atoms with Gasteiger partial charge in [-0.05, 0) is 45.2 Å². The Bertz CT molecular complexity index is 423. The van der Waals surface area contributed by atoms with E-state index in [1.54, 1.807) is 0 Å². The summed E-state index contributed by atoms with van der Waals surface area (Å²) in [5, 5.41) is 0. The average Bonchev–Trinajstić information content (AvgIpc) is 2.56. The number of hydrogen-bond donors (Lipinski definition) is 1. The molecule has 2 nitrogen and oxygen atoms in total. The standard InChI is InChI=1S/C22H39NO/c1-5-7-8-9-10-11-12-16-19-22(6-2,21(3,4)23)24-20-17-14-13-15-18-20/h13-15,17-18H,5-12,16,19,23H2,1-4H3. The van der Waals surface area contributed by atoms with Crippen LogP contribution in [-0.2, 0) is 0 Å². The van der Waals surface area contributed by atoms with E-state index < -0.39 is 0 Å². The molecule has 24 heavy (non-hydrogen) atoms. The predicted molar refractivity (Wildman–Crippen MR) is 106 cm³/mol. The van der Waals surface area contributed by atoms with E-state index in [0.717, 1.165) is 18.6 Å². The Labute approximate surface area is 150 Å². The van der Waals surface area contributed by atoms with Crippen molar-refractivity contribution in [2.24, 2.45) is 5.73 Å². The Kier molecular flexibility index (Phi) is 9.43. The molecule has 0 bridgehead atoms. The second-order valence-electron chi connectivity index (χ2n) is 7.71. The molecule has 0 saturated heterocycles. The lowest BCUT2D eigenvalue weighted by Crippen LogP contribution is -2.59. The summed E-state index contributed by atoms with van der Waals surface area (Å²) in [6, 6.07) is 10.1. The molecule has 138 valence electrons. The molecule has 1 aromatic carbocycles. The van der Waals surface area contributed by atoms with E-state index in [1.807, 2.05) is 30.3 Å². The van der Waals surface area contributed by atoms with E-state index in [0.29, 0.717) is 0 Å². The van der Waals surface area contributed by atoms with Crippen LogP contribution in [0.2, 0.25) is 0 Å². The second-order valence-corrected chi connectivity index (χ2v) is 7.71. The van der Waals surface area contributed by atoms with Crippen molar-refractivity contribution in [3.05, 3.63) is 30.3 Å². The van der Waals surface area contributed by atoms with Crippen LogP contribution in [0.25, 0.3) is 0 Å². The fraction of sp³-hybridized carbons (Fsp3) is 0.727. The molecule has 0 aliphatic heterocycles. The summed E-state index contributed by atoms with van der Waals surface area (Å²) in [7, 11) is 0. The minimum Gasteiger partial charge on any atom is -0.485 e. The molecule has 2 heteroatoms. The summed E-state index contributed by atoms with van der Waals surface area (Å²) < 4.78 is 6.45. The van der Waals surface area contributed by atoms with Gasteiger partial charge in [0.25, 0.3) is 0 Å². The van der Waals surface area contributed by atoms with Crippen LogP contribution < -0.4 is 10.5 Å². The quantitative estimate of drug-likeness (QED) is 0.419. The first kappa shape index (κ1) is 21.0. The Morgan fingerprint density at radius 1 is 0.833 bits per heavy atom. The van der Waals surface area contributed by atoms with E-state index in [-0.39, 0.29) is 11.1 Å². The molecule has 0 saturated carbocycles. The average molecular weight is 334 g/mol. The van der Waals surface area contributed by atoms with E-state index in [4.69, 9.17) is 10.5 Å². The van der Waals surface area contributed by atoms with E-state index in [9.17, 15) is 0 Å². The Hall–Kier alpha value is -1.02. The van der Waals surface area contributed by atoms with Gasteiger partial charge in [0.05, 0.1) is 5.54 Å². The number of hydrogen-bond acceptors (Lipinski definition) is 2. The second kappa shape index (κ2) is 10.8. The first-order valence-electron chi connectivity index (χ1n) is 9.98. The fourth-order valence-electron chi connectivity index (χ4n) is 3.47. The molecule has 0 spiro atoms. The maximum absolute atomic E-state index is 6.54. The molecule has 0 aromatic heterocycles. The number of rotatable bonds is 13. The Morgan fingerprint density at radius 3 is 1.88 bits per heavy atom. The summed E-state index contributed by atoms with van der Waals surface area (Å²) in [5.74, 6) is 0.928. The van der Waals surface area contributed by atoms with Crippen LogP contribution in [0.3, 0.4) is 0 Å². The molecule has 1 rings (SSSR count). The van der Waals surface area contributed by atoms with E-state index in [2.05, 4.69) is 27.7 Å². The van der Waals surface area contributed by atoms with Gasteiger partial charge in [0.15, 0.2) is 0 Å². The van der Waals surface area contributed by atoms with Crippen molar-refractivity contribution in [1.29, 1.82) is 0 Å². The van der Waals surface area contributed by atoms with Crippen LogP contribution >= 0.6 is 0 Å². The SMILES string of the molecule is CCCCCCCCCCC(CC)(Oc1ccccc1)C(C)(C)N. The zero-order valence-corrected chi connectivity index (χ0v) is 16.4. The highest BCUT2D eigenvalue weighted by Crippen LogP contribution is 2.35. The lowest BCUT2D eigenvalue weighted by molar-refractivity contribution is -0.00924. The van der Waals surface area contributed by atoms with Crippen LogP contribution in [0, 0.1) is 0 Å². The summed E-state index contributed by atoms with van der Waals surface area (Å²) in [4.78, 5) is 0. The topological polar surface area (TPSA) is 35.2 Å². The number of benzene rings is 1. The number of unbranched alkanes of at least 4 members (excludes halogenated alkanes) is 7. The molecule has 0 fully saturated rings. The summed E-state index contributed by atoms with van der Waals surface area (Å²) >= 11 is 0. The molecule has 1 aromatic rings. The van der Waals surface area contributed by atoms with Gasteiger partial charge in [-0.2, -0.15) is 0 Å². The molecule has 0 radical (unpaired) electrons. The normalized spacial score (nSPS) is 14.4. The van der Waals surface area contributed by atoms with Crippen LogP contribution in [0.4, 0.5) is 0 Å². The smallest absolute Gasteiger partial charge is 0.126 e. The third kappa shape index (κ3) is 6.84. The van der Waals surface area contributed by atoms with Crippen molar-refractivity contribution in [3.63, 3.8) is 0 Å². The van der Waals surface area contributed by atoms with Crippen LogP contribution in [0.1, 0.15) is 91.9 Å². The van der Waals surface area contributed by atoms with Crippen molar-refractivity contribution in [1.82, 2.24) is 0 Å². The lowest BCUT2D eigenvalue weighted by atomic mass is 9.77. The van der Waals surface area contributed by atoms with Gasteiger partial charge >= 0.3 is 0 Å². The van der Waals surface area contributed by atoms with Crippen LogP contribution in [0.5, 0.6) is 5.75 Å². The largest absolute Gasteiger partial charge is 0.485 e. The van der Waals surface area contributed by atoms with Crippen molar-refractivity contribution < 1.29 is 4.74 Å². The zero-order valence-electron chi connectivity index (χ0n) is 16.4. The van der Waals surface area contributed by atoms with Crippen molar-refractivity contribution in [2.75, 3.05) is 0 Å². The van der Waals surface area contributed by atoms with Gasteiger partial charge in [-0.15, -0.1) is 0 Å². The minimum absolute atomic E-state index is 0.295. The molecule has 0 amide bonds. The molecule has 2 N–H and O–H groups in total. The highest BCUT2D eigenvalue weighted by Gasteiger charge is 2.42. The van der Waals surface area contributed by atoms with Crippen molar-refractivity contribution in [3.8, 4) is 5.75 Å². The predicted octanol–water partition coefficient (Wildman–Crippen LogP) is 6.48. The van der Waals surface area contributed by atoms with Gasteiger partial charge in [-0.1, -0.05) is 77.0 Å². The Morgan fingerprint density at radius 2 is 1.38 bits per heavy atom. The van der Waals surface area contributed by atoms with Gasteiger partial charge in [-0.25, -0.2) is 0 Å². The Balaban J connectivity index is 2.51. The highest BCUT2D eigenvalue weighted by molar-refractivity contribution is 5.23. The number of ether oxygens (including phenoxy) is 1. The van der Waals surface area contributed by atoms with E-state index in [1.165, 1.54) is 51.4 Å². The van der Waals surface area contributed by atoms with Crippen molar-refractivity contribution in [2.45, 2.75) is 103 Å². The summed E-state index contributed by atoms with van der Waals surface area (Å²) in [5.41, 5.74) is 5.89. The van der Waals surface area contributed by atoms with Gasteiger partial charge in [0.1, 0.15) is 11.4 Å². The monoisotopic (exact) mass is 333 g/mol. The van der Waals surface area contributed by atoms with Gasteiger partial charge < -0.3 is 10.5 Å². The first-order chi connectivity index (χ1) is 11.4. The number of nitrogens with two attached hydrogens (primary N) is 1. The first-order valence-corrected chi connectivity index (χ1v) is 9.98. The minimum atomic E-state index is -0.362. The molecule has 1 unspecified atom stereocenters. The third-order valence-corrected chi connectivity index (χ3v) is 5.24. The van der Waals surface area contributed by atoms with Crippen molar-refractivity contribution >= 4 is 0 Å². The molecular weight excluding hydrogens is 294 g/mol. The summed E-state index contributed by atoms with van der Waals surface area (Å²) in [6.07, 6.45) is 12.6. The zero-order chi connectivity index (χ0) is 17.9. The van der Waals surface area contributed by atoms with E-state index >= 15 is 0 Å². The van der Waals surface area contributed by atoms with Gasteiger partial charge in [0, 0.05) is 0 Å². The van der Waals surface area contributed by atoms with Gasteiger partial charge in [0.2, 0.25) is 0 Å². The molecule has 0 heterocycles. The maximum atomic E-state index is 6.54. The lowest BCUT2D eigenvalue weighted by Gasteiger charge is -2.44. The fourth-order valence-corrected chi connectivity index (χ4v) is 3.47. The van der Waals surface area contributed by atoms with Crippen LogP contribution in [-0.4, -0.2) is 11.1 Å². The third-order valence-electron chi connectivity index (χ3n) is 5.24. The van der Waals surface area contributed by atoms with Crippen LogP contribution in [0.15, 0.2) is 30.3 Å². The molecular formula is C22H39NO. The molecule has 0 aliphatic carbocycles. The molecule has 1 atom stereocenters.